The first-order chi connectivity index (χ1) is 10.2. The van der Waals surface area contributed by atoms with Gasteiger partial charge in [-0.25, -0.2) is 8.42 Å². The van der Waals surface area contributed by atoms with Crippen LogP contribution in [0.15, 0.2) is 34.2 Å². The van der Waals surface area contributed by atoms with Crippen molar-refractivity contribution >= 4 is 21.8 Å². The molecule has 1 heterocycles. The summed E-state index contributed by atoms with van der Waals surface area (Å²) >= 11 is 0. The van der Waals surface area contributed by atoms with E-state index in [4.69, 9.17) is 0 Å². The Morgan fingerprint density at radius 1 is 1.27 bits per heavy atom. The van der Waals surface area contributed by atoms with Crippen LogP contribution in [0.5, 0.6) is 0 Å². The number of benzene rings is 1. The normalized spacial score (nSPS) is 17.9. The molecule has 1 amide bonds. The Balaban J connectivity index is 1.97. The molecule has 0 spiro atoms. The molecule has 0 saturated heterocycles. The van der Waals surface area contributed by atoms with Crippen molar-refractivity contribution in [3.63, 3.8) is 0 Å². The van der Waals surface area contributed by atoms with Gasteiger partial charge in [-0.15, -0.1) is 0 Å². The lowest BCUT2D eigenvalue weighted by molar-refractivity contribution is -0.138. The molecule has 0 fully saturated rings. The molecule has 0 saturated carbocycles. The number of halogens is 3. The van der Waals surface area contributed by atoms with Crippen LogP contribution in [0, 0.1) is 0 Å². The lowest BCUT2D eigenvalue weighted by atomic mass is 10.2. The first-order valence-corrected chi connectivity index (χ1v) is 7.67. The fraction of sp³-hybridized carbons (Fsp3) is 0.333. The van der Waals surface area contributed by atoms with Gasteiger partial charge in [-0.3, -0.25) is 14.5 Å². The Bertz CT molecular complexity index is 714. The molecule has 1 aromatic carbocycles. The van der Waals surface area contributed by atoms with Crippen LogP contribution in [0.4, 0.5) is 13.2 Å². The second kappa shape index (κ2) is 5.95. The van der Waals surface area contributed by atoms with E-state index in [2.05, 4.69) is 9.71 Å². The van der Waals surface area contributed by atoms with Gasteiger partial charge in [0.05, 0.1) is 11.4 Å². The van der Waals surface area contributed by atoms with Crippen molar-refractivity contribution in [2.45, 2.75) is 17.5 Å². The Morgan fingerprint density at radius 3 is 2.64 bits per heavy atom. The van der Waals surface area contributed by atoms with E-state index >= 15 is 0 Å². The van der Waals surface area contributed by atoms with Crippen LogP contribution in [0.1, 0.15) is 12.0 Å². The number of amides is 1. The predicted octanol–water partition coefficient (Wildman–Crippen LogP) is 0.794. The molecule has 1 aliphatic heterocycles. The summed E-state index contributed by atoms with van der Waals surface area (Å²) < 4.78 is 61.5. The summed E-state index contributed by atoms with van der Waals surface area (Å²) in [6.45, 7) is -1.53. The molecule has 0 radical (unpaired) electrons. The second-order valence-corrected chi connectivity index (χ2v) is 6.12. The van der Waals surface area contributed by atoms with E-state index in [-0.39, 0.29) is 23.7 Å². The molecule has 120 valence electrons. The van der Waals surface area contributed by atoms with Gasteiger partial charge in [0.25, 0.3) is 10.0 Å². The van der Waals surface area contributed by atoms with E-state index < -0.39 is 28.7 Å². The second-order valence-electron chi connectivity index (χ2n) is 4.47. The summed E-state index contributed by atoms with van der Waals surface area (Å²) in [4.78, 5) is 15.2. The zero-order valence-corrected chi connectivity index (χ0v) is 12.0. The third-order valence-corrected chi connectivity index (χ3v) is 4.15. The van der Waals surface area contributed by atoms with Gasteiger partial charge in [0.1, 0.15) is 12.4 Å². The third kappa shape index (κ3) is 3.97. The highest BCUT2D eigenvalue weighted by molar-refractivity contribution is 7.90. The lowest BCUT2D eigenvalue weighted by Crippen LogP contribution is -2.34. The maximum Gasteiger partial charge on any atom is 0.405 e. The van der Waals surface area contributed by atoms with E-state index in [1.807, 2.05) is 0 Å². The molecule has 0 aromatic heterocycles. The SMILES string of the molecule is O=C(CCN=C1NS(=O)(=O)c2ccccc21)NCC(F)(F)F. The minimum Gasteiger partial charge on any atom is -0.347 e. The zero-order chi connectivity index (χ0) is 16.4. The van der Waals surface area contributed by atoms with E-state index in [9.17, 15) is 26.4 Å². The zero-order valence-electron chi connectivity index (χ0n) is 11.1. The van der Waals surface area contributed by atoms with Gasteiger partial charge in [0, 0.05) is 12.0 Å². The maximum atomic E-state index is 11.9. The lowest BCUT2D eigenvalue weighted by Gasteiger charge is -2.07. The molecule has 0 bridgehead atoms. The molecule has 2 N–H and O–H groups in total. The first-order valence-electron chi connectivity index (χ1n) is 6.19. The standard InChI is InChI=1S/C12H12F3N3O3S/c13-12(14,15)7-17-10(19)5-6-16-11-8-3-1-2-4-9(8)22(20,21)18-11/h1-4H,5-7H2,(H,16,18)(H,17,19). The average molecular weight is 335 g/mol. The number of carbonyl (C=O) groups is 1. The summed E-state index contributed by atoms with van der Waals surface area (Å²) in [5.41, 5.74) is 0.373. The summed E-state index contributed by atoms with van der Waals surface area (Å²) in [5.74, 6) is -0.727. The van der Waals surface area contributed by atoms with Crippen molar-refractivity contribution in [1.29, 1.82) is 0 Å². The van der Waals surface area contributed by atoms with Crippen molar-refractivity contribution in [3.8, 4) is 0 Å². The molecule has 0 aliphatic carbocycles. The van der Waals surface area contributed by atoms with Gasteiger partial charge < -0.3 is 5.32 Å². The predicted molar refractivity (Wildman–Crippen MR) is 71.8 cm³/mol. The molecule has 2 rings (SSSR count). The largest absolute Gasteiger partial charge is 0.405 e. The van der Waals surface area contributed by atoms with E-state index in [0.717, 1.165) is 0 Å². The molecule has 0 atom stereocenters. The quantitative estimate of drug-likeness (QED) is 0.853. The number of nitrogens with one attached hydrogen (secondary N) is 2. The molecular formula is C12H12F3N3O3S. The van der Waals surface area contributed by atoms with E-state index in [1.165, 1.54) is 6.07 Å². The third-order valence-electron chi connectivity index (χ3n) is 2.76. The summed E-state index contributed by atoms with van der Waals surface area (Å²) in [5, 5.41) is 1.71. The highest BCUT2D eigenvalue weighted by Crippen LogP contribution is 2.22. The maximum absolute atomic E-state index is 11.9. The Hall–Kier alpha value is -2.10. The summed E-state index contributed by atoms with van der Waals surface area (Å²) in [7, 11) is -3.67. The van der Waals surface area contributed by atoms with Crippen molar-refractivity contribution < 1.29 is 26.4 Å². The minimum absolute atomic E-state index is 0.0790. The number of sulfonamides is 1. The van der Waals surface area contributed by atoms with Gasteiger partial charge in [-0.2, -0.15) is 13.2 Å². The Morgan fingerprint density at radius 2 is 1.95 bits per heavy atom. The summed E-state index contributed by atoms with van der Waals surface area (Å²) in [6.07, 6.45) is -4.74. The average Bonchev–Trinajstić information content (AvgIpc) is 2.68. The minimum atomic E-state index is -4.47. The fourth-order valence-electron chi connectivity index (χ4n) is 1.81. The fourth-order valence-corrected chi connectivity index (χ4v) is 3.06. The monoisotopic (exact) mass is 335 g/mol. The highest BCUT2D eigenvalue weighted by Gasteiger charge is 2.30. The molecule has 0 unspecified atom stereocenters. The molecule has 1 aromatic rings. The number of carbonyl (C=O) groups excluding carboxylic acids is 1. The molecule has 1 aliphatic rings. The van der Waals surface area contributed by atoms with Crippen LogP contribution in [0.2, 0.25) is 0 Å². The molecule has 22 heavy (non-hydrogen) atoms. The number of amidine groups is 1. The van der Waals surface area contributed by atoms with Gasteiger partial charge in [-0.05, 0) is 12.1 Å². The number of aliphatic imine (C=N–C) groups is 1. The highest BCUT2D eigenvalue weighted by atomic mass is 32.2. The van der Waals surface area contributed by atoms with Crippen LogP contribution < -0.4 is 10.0 Å². The van der Waals surface area contributed by atoms with Gasteiger partial charge in [0.15, 0.2) is 0 Å². The van der Waals surface area contributed by atoms with Crippen LogP contribution in [-0.4, -0.2) is 39.4 Å². The Labute approximate surface area is 124 Å². The molecular weight excluding hydrogens is 323 g/mol. The number of hydrogen-bond donors (Lipinski definition) is 2. The van der Waals surface area contributed by atoms with E-state index in [0.29, 0.717) is 5.56 Å². The van der Waals surface area contributed by atoms with Gasteiger partial charge in [-0.1, -0.05) is 12.1 Å². The van der Waals surface area contributed by atoms with Crippen molar-refractivity contribution in [1.82, 2.24) is 10.0 Å². The van der Waals surface area contributed by atoms with Crippen LogP contribution in [0.3, 0.4) is 0 Å². The molecule has 6 nitrogen and oxygen atoms in total. The van der Waals surface area contributed by atoms with Crippen LogP contribution in [0.25, 0.3) is 0 Å². The smallest absolute Gasteiger partial charge is 0.347 e. The Kier molecular flexibility index (Phi) is 4.40. The summed E-state index contributed by atoms with van der Waals surface area (Å²) in [6, 6.07) is 6.16. The number of fused-ring (bicyclic) bond motifs is 1. The van der Waals surface area contributed by atoms with Crippen LogP contribution in [-0.2, 0) is 14.8 Å². The van der Waals surface area contributed by atoms with Crippen LogP contribution >= 0.6 is 0 Å². The molecule has 10 heteroatoms. The topological polar surface area (TPSA) is 87.6 Å². The number of alkyl halides is 3. The van der Waals surface area contributed by atoms with Gasteiger partial charge >= 0.3 is 6.18 Å². The van der Waals surface area contributed by atoms with Crippen molar-refractivity contribution in [2.75, 3.05) is 13.1 Å². The number of hydrogen-bond acceptors (Lipinski definition) is 4. The van der Waals surface area contributed by atoms with Gasteiger partial charge in [0.2, 0.25) is 5.91 Å². The number of rotatable bonds is 4. The van der Waals surface area contributed by atoms with Crippen molar-refractivity contribution in [3.05, 3.63) is 29.8 Å². The van der Waals surface area contributed by atoms with E-state index in [1.54, 1.807) is 23.5 Å². The van der Waals surface area contributed by atoms with Crippen molar-refractivity contribution in [2.24, 2.45) is 4.99 Å². The first kappa shape index (κ1) is 16.3. The number of nitrogens with zero attached hydrogens (tertiary/aromatic N) is 1.